The maximum absolute atomic E-state index is 5.64. The van der Waals surface area contributed by atoms with Crippen LogP contribution < -0.4 is 10.9 Å². The monoisotopic (exact) mass is 199 g/mol. The van der Waals surface area contributed by atoms with Crippen LogP contribution in [0, 0.1) is 0 Å². The lowest BCUT2D eigenvalue weighted by atomic mass is 10.1. The van der Waals surface area contributed by atoms with Crippen LogP contribution in [0.3, 0.4) is 0 Å². The van der Waals surface area contributed by atoms with Crippen molar-refractivity contribution >= 4 is 21.1 Å². The van der Waals surface area contributed by atoms with Gasteiger partial charge in [-0.15, -0.1) is 0 Å². The van der Waals surface area contributed by atoms with E-state index in [1.54, 1.807) is 0 Å². The number of rotatable bonds is 1. The zero-order chi connectivity index (χ0) is 9.97. The van der Waals surface area contributed by atoms with Crippen LogP contribution >= 0.6 is 0 Å². The molecule has 2 rings (SSSR count). The summed E-state index contributed by atoms with van der Waals surface area (Å²) in [7, 11) is 1.10. The number of benzene rings is 2. The number of anilines is 1. The molecule has 0 unspecified atom stereocenters. The predicted molar refractivity (Wildman–Crippen MR) is 65.9 cm³/mol. The summed E-state index contributed by atoms with van der Waals surface area (Å²) in [6, 6.07) is 16.6. The van der Waals surface area contributed by atoms with Crippen molar-refractivity contribution in [3.63, 3.8) is 0 Å². The van der Waals surface area contributed by atoms with Crippen LogP contribution in [-0.2, 0) is 0 Å². The van der Waals surface area contributed by atoms with Gasteiger partial charge in [-0.3, -0.25) is 0 Å². The minimum absolute atomic E-state index is 0.816. The summed E-state index contributed by atoms with van der Waals surface area (Å²) in [5, 5.41) is 1.42. The Morgan fingerprint density at radius 3 is 2.21 bits per heavy atom. The van der Waals surface area contributed by atoms with Gasteiger partial charge in [-0.05, 0) is 23.3 Å². The van der Waals surface area contributed by atoms with Gasteiger partial charge in [0.05, 0.1) is 0 Å². The molecule has 0 spiro atoms. The van der Waals surface area contributed by atoms with Gasteiger partial charge in [0.1, 0.15) is 0 Å². The summed E-state index contributed by atoms with van der Waals surface area (Å²) < 4.78 is 0. The molecule has 0 saturated carbocycles. The summed E-state index contributed by atoms with van der Waals surface area (Å²) in [6.07, 6.45) is 0. The molecule has 0 aliphatic rings. The van der Waals surface area contributed by atoms with E-state index < -0.39 is 0 Å². The third kappa shape index (κ3) is 1.85. The maximum atomic E-state index is 5.64. The van der Waals surface area contributed by atoms with Crippen LogP contribution in [0.25, 0.3) is 11.1 Å². The van der Waals surface area contributed by atoms with Crippen LogP contribution in [0.5, 0.6) is 0 Å². The standard InChI is InChI=1S/C12H13NSi/c13-11-6-4-9(5-7-11)10-2-1-3-12(14)8-10/h1-8H,13H2,14H3. The Labute approximate surface area is 87.0 Å². The van der Waals surface area contributed by atoms with Crippen molar-refractivity contribution in [2.24, 2.45) is 0 Å². The molecule has 0 radical (unpaired) electrons. The average molecular weight is 199 g/mol. The highest BCUT2D eigenvalue weighted by Crippen LogP contribution is 2.18. The smallest absolute Gasteiger partial charge is 0.0385 e. The lowest BCUT2D eigenvalue weighted by Crippen LogP contribution is -2.00. The van der Waals surface area contributed by atoms with Gasteiger partial charge in [-0.25, -0.2) is 0 Å². The van der Waals surface area contributed by atoms with Crippen molar-refractivity contribution in [3.05, 3.63) is 48.5 Å². The molecule has 2 aromatic rings. The molecule has 2 heteroatoms. The van der Waals surface area contributed by atoms with Crippen LogP contribution in [-0.4, -0.2) is 10.2 Å². The maximum Gasteiger partial charge on any atom is 0.0385 e. The zero-order valence-electron chi connectivity index (χ0n) is 8.20. The Bertz CT molecular complexity index is 434. The van der Waals surface area contributed by atoms with Crippen molar-refractivity contribution in [2.45, 2.75) is 0 Å². The normalized spacial score (nSPS) is 10.3. The van der Waals surface area contributed by atoms with Gasteiger partial charge < -0.3 is 5.73 Å². The SMILES string of the molecule is Nc1ccc(-c2cccc([SiH3])c2)cc1. The first-order chi connectivity index (χ1) is 6.75. The second kappa shape index (κ2) is 3.68. The van der Waals surface area contributed by atoms with Crippen molar-refractivity contribution in [1.29, 1.82) is 0 Å². The van der Waals surface area contributed by atoms with Crippen LogP contribution in [0.1, 0.15) is 0 Å². The number of hydrogen-bond donors (Lipinski definition) is 1. The highest BCUT2D eigenvalue weighted by atomic mass is 28.1. The fraction of sp³-hybridized carbons (Fsp3) is 0. The Hall–Kier alpha value is -1.54. The lowest BCUT2D eigenvalue weighted by molar-refractivity contribution is 1.63. The van der Waals surface area contributed by atoms with Gasteiger partial charge in [0, 0.05) is 15.9 Å². The minimum Gasteiger partial charge on any atom is -0.399 e. The van der Waals surface area contributed by atoms with Crippen molar-refractivity contribution in [2.75, 3.05) is 5.73 Å². The average Bonchev–Trinajstić information content (AvgIpc) is 2.19. The first-order valence-corrected chi connectivity index (χ1v) is 5.68. The van der Waals surface area contributed by atoms with Crippen molar-refractivity contribution in [1.82, 2.24) is 0 Å². The van der Waals surface area contributed by atoms with Crippen molar-refractivity contribution in [3.8, 4) is 11.1 Å². The number of nitrogen functional groups attached to an aromatic ring is 1. The van der Waals surface area contributed by atoms with Crippen LogP contribution in [0.4, 0.5) is 5.69 Å². The Morgan fingerprint density at radius 2 is 1.57 bits per heavy atom. The first kappa shape index (κ1) is 9.03. The molecule has 2 N–H and O–H groups in total. The van der Waals surface area contributed by atoms with Gasteiger partial charge in [-0.1, -0.05) is 41.6 Å². The first-order valence-electron chi connectivity index (χ1n) is 4.68. The molecule has 0 bridgehead atoms. The van der Waals surface area contributed by atoms with Gasteiger partial charge >= 0.3 is 0 Å². The number of hydrogen-bond acceptors (Lipinski definition) is 1. The molecule has 0 amide bonds. The molecule has 0 saturated heterocycles. The Kier molecular flexibility index (Phi) is 2.37. The lowest BCUT2D eigenvalue weighted by Gasteiger charge is -2.02. The molecule has 0 aliphatic carbocycles. The molecule has 0 aliphatic heterocycles. The fourth-order valence-corrected chi connectivity index (χ4v) is 2.00. The van der Waals surface area contributed by atoms with E-state index in [-0.39, 0.29) is 0 Å². The summed E-state index contributed by atoms with van der Waals surface area (Å²) in [6.45, 7) is 0. The van der Waals surface area contributed by atoms with E-state index in [0.717, 1.165) is 15.9 Å². The van der Waals surface area contributed by atoms with Crippen LogP contribution in [0.2, 0.25) is 0 Å². The third-order valence-corrected chi connectivity index (χ3v) is 2.88. The molecule has 0 atom stereocenters. The highest BCUT2D eigenvalue weighted by Gasteiger charge is 1.96. The van der Waals surface area contributed by atoms with Gasteiger partial charge in [0.2, 0.25) is 0 Å². The molecular weight excluding hydrogens is 186 g/mol. The Balaban J connectivity index is 2.44. The van der Waals surface area contributed by atoms with E-state index in [4.69, 9.17) is 5.73 Å². The van der Waals surface area contributed by atoms with E-state index in [9.17, 15) is 0 Å². The van der Waals surface area contributed by atoms with E-state index >= 15 is 0 Å². The molecule has 14 heavy (non-hydrogen) atoms. The zero-order valence-corrected chi connectivity index (χ0v) is 10.2. The molecule has 0 heterocycles. The molecule has 0 fully saturated rings. The highest BCUT2D eigenvalue weighted by molar-refractivity contribution is 6.32. The predicted octanol–water partition coefficient (Wildman–Crippen LogP) is 0.926. The minimum atomic E-state index is 0.816. The number of nitrogens with two attached hydrogens (primary N) is 1. The van der Waals surface area contributed by atoms with Crippen molar-refractivity contribution < 1.29 is 0 Å². The van der Waals surface area contributed by atoms with Gasteiger partial charge in [0.25, 0.3) is 0 Å². The van der Waals surface area contributed by atoms with E-state index in [1.807, 2.05) is 12.1 Å². The van der Waals surface area contributed by atoms with Gasteiger partial charge in [0.15, 0.2) is 0 Å². The van der Waals surface area contributed by atoms with Gasteiger partial charge in [-0.2, -0.15) is 0 Å². The van der Waals surface area contributed by atoms with E-state index in [0.29, 0.717) is 0 Å². The topological polar surface area (TPSA) is 26.0 Å². The summed E-state index contributed by atoms with van der Waals surface area (Å²) in [5.74, 6) is 0. The summed E-state index contributed by atoms with van der Waals surface area (Å²) in [4.78, 5) is 0. The van der Waals surface area contributed by atoms with E-state index in [1.165, 1.54) is 16.3 Å². The molecule has 2 aromatic carbocycles. The summed E-state index contributed by atoms with van der Waals surface area (Å²) in [5.41, 5.74) is 8.97. The quantitative estimate of drug-likeness (QED) is 0.536. The fourth-order valence-electron chi connectivity index (χ4n) is 1.50. The Morgan fingerprint density at radius 1 is 0.857 bits per heavy atom. The molecular formula is C12H13NSi. The largest absolute Gasteiger partial charge is 0.399 e. The molecule has 1 nitrogen and oxygen atoms in total. The second-order valence-electron chi connectivity index (χ2n) is 3.49. The van der Waals surface area contributed by atoms with Crippen LogP contribution in [0.15, 0.2) is 48.5 Å². The molecule has 0 aromatic heterocycles. The second-order valence-corrected chi connectivity index (χ2v) is 4.65. The van der Waals surface area contributed by atoms with E-state index in [2.05, 4.69) is 36.4 Å². The molecule has 70 valence electrons. The summed E-state index contributed by atoms with van der Waals surface area (Å²) >= 11 is 0. The third-order valence-electron chi connectivity index (χ3n) is 2.26.